The zero-order valence-corrected chi connectivity index (χ0v) is 15.5. The van der Waals surface area contributed by atoms with Crippen LogP contribution in [0.2, 0.25) is 0 Å². The maximum atomic E-state index is 13.3. The van der Waals surface area contributed by atoms with Crippen molar-refractivity contribution in [1.82, 2.24) is 9.80 Å². The molecule has 120 valence electrons. The largest absolute Gasteiger partial charge is 0.370 e. The van der Waals surface area contributed by atoms with E-state index in [1.165, 1.54) is 6.07 Å². The third kappa shape index (κ3) is 6.17. The van der Waals surface area contributed by atoms with E-state index in [-0.39, 0.29) is 35.8 Å². The predicted molar refractivity (Wildman–Crippen MR) is 97.7 cm³/mol. The van der Waals surface area contributed by atoms with Crippen molar-refractivity contribution in [2.75, 3.05) is 33.7 Å². The summed E-state index contributed by atoms with van der Waals surface area (Å²) in [6.07, 6.45) is 0. The first kappa shape index (κ1) is 20.1. The highest BCUT2D eigenvalue weighted by atomic mass is 127. The van der Waals surface area contributed by atoms with Gasteiger partial charge in [-0.1, -0.05) is 12.1 Å². The standard InChI is InChI=1S/C15H25FN4.HI/c1-5-20(6-2)15(17)18-11-14(19(3)4)12-8-7-9-13(16)10-12;/h7-10,14H,5-6,11H2,1-4H3,(H2,17,18);1H. The second kappa shape index (κ2) is 9.94. The van der Waals surface area contributed by atoms with Crippen LogP contribution < -0.4 is 5.73 Å². The van der Waals surface area contributed by atoms with Gasteiger partial charge in [0.2, 0.25) is 0 Å². The molecule has 0 saturated carbocycles. The number of rotatable bonds is 6. The van der Waals surface area contributed by atoms with Gasteiger partial charge in [0.1, 0.15) is 5.82 Å². The molecular weight excluding hydrogens is 382 g/mol. The molecule has 1 aromatic rings. The number of likely N-dealkylation sites (N-methyl/N-ethyl adjacent to an activating group) is 1. The molecule has 0 aliphatic heterocycles. The molecule has 2 N–H and O–H groups in total. The Hall–Kier alpha value is -0.890. The number of hydrogen-bond donors (Lipinski definition) is 1. The molecule has 0 aliphatic carbocycles. The number of nitrogens with zero attached hydrogens (tertiary/aromatic N) is 3. The van der Waals surface area contributed by atoms with Crippen molar-refractivity contribution in [3.8, 4) is 0 Å². The molecule has 6 heteroatoms. The van der Waals surface area contributed by atoms with Crippen molar-refractivity contribution in [2.45, 2.75) is 19.9 Å². The molecule has 0 saturated heterocycles. The number of benzene rings is 1. The van der Waals surface area contributed by atoms with E-state index in [1.807, 2.05) is 43.8 Å². The van der Waals surface area contributed by atoms with Crippen molar-refractivity contribution in [2.24, 2.45) is 10.7 Å². The van der Waals surface area contributed by atoms with Gasteiger partial charge < -0.3 is 15.5 Å². The predicted octanol–water partition coefficient (Wildman–Crippen LogP) is 2.70. The monoisotopic (exact) mass is 408 g/mol. The highest BCUT2D eigenvalue weighted by Crippen LogP contribution is 2.19. The molecule has 1 aromatic carbocycles. The lowest BCUT2D eigenvalue weighted by molar-refractivity contribution is 0.304. The van der Waals surface area contributed by atoms with Crippen LogP contribution in [0.25, 0.3) is 0 Å². The molecule has 4 nitrogen and oxygen atoms in total. The zero-order chi connectivity index (χ0) is 15.1. The third-order valence-electron chi connectivity index (χ3n) is 3.37. The van der Waals surface area contributed by atoms with E-state index in [0.29, 0.717) is 12.5 Å². The molecule has 1 rings (SSSR count). The minimum Gasteiger partial charge on any atom is -0.370 e. The van der Waals surface area contributed by atoms with Crippen molar-refractivity contribution in [1.29, 1.82) is 0 Å². The summed E-state index contributed by atoms with van der Waals surface area (Å²) in [4.78, 5) is 8.47. The van der Waals surface area contributed by atoms with Gasteiger partial charge in [-0.05, 0) is 45.6 Å². The molecule has 0 amide bonds. The van der Waals surface area contributed by atoms with Gasteiger partial charge in [-0.3, -0.25) is 4.99 Å². The van der Waals surface area contributed by atoms with Crippen LogP contribution in [0.4, 0.5) is 4.39 Å². The molecule has 1 unspecified atom stereocenters. The quantitative estimate of drug-likeness (QED) is 0.447. The third-order valence-corrected chi connectivity index (χ3v) is 3.37. The smallest absolute Gasteiger partial charge is 0.191 e. The van der Waals surface area contributed by atoms with E-state index >= 15 is 0 Å². The Labute approximate surface area is 144 Å². The summed E-state index contributed by atoms with van der Waals surface area (Å²) in [6, 6.07) is 6.65. The fourth-order valence-electron chi connectivity index (χ4n) is 2.11. The normalized spacial score (nSPS) is 13.0. The van der Waals surface area contributed by atoms with Crippen molar-refractivity contribution in [3.05, 3.63) is 35.6 Å². The Bertz CT molecular complexity index is 447. The van der Waals surface area contributed by atoms with Gasteiger partial charge >= 0.3 is 0 Å². The number of guanidine groups is 1. The van der Waals surface area contributed by atoms with Crippen molar-refractivity contribution in [3.63, 3.8) is 0 Å². The summed E-state index contributed by atoms with van der Waals surface area (Å²) in [6.45, 7) is 6.26. The number of aliphatic imine (C=N–C) groups is 1. The molecular formula is C15H26FIN4. The Morgan fingerprint density at radius 2 is 1.90 bits per heavy atom. The summed E-state index contributed by atoms with van der Waals surface area (Å²) in [5.74, 6) is 0.313. The second-order valence-electron chi connectivity index (χ2n) is 4.91. The number of hydrogen-bond acceptors (Lipinski definition) is 2. The van der Waals surface area contributed by atoms with Crippen molar-refractivity contribution >= 4 is 29.9 Å². The molecule has 0 bridgehead atoms. The van der Waals surface area contributed by atoms with Crippen LogP contribution in [0, 0.1) is 5.82 Å². The molecule has 0 heterocycles. The van der Waals surface area contributed by atoms with Crippen LogP contribution in [-0.4, -0.2) is 49.5 Å². The van der Waals surface area contributed by atoms with Crippen LogP contribution >= 0.6 is 24.0 Å². The van der Waals surface area contributed by atoms with Gasteiger partial charge in [-0.2, -0.15) is 0 Å². The van der Waals surface area contributed by atoms with E-state index in [2.05, 4.69) is 4.99 Å². The summed E-state index contributed by atoms with van der Waals surface area (Å²) in [5, 5.41) is 0. The van der Waals surface area contributed by atoms with E-state index < -0.39 is 0 Å². The first-order chi connectivity index (χ1) is 9.49. The van der Waals surface area contributed by atoms with Crippen LogP contribution in [0.3, 0.4) is 0 Å². The summed E-state index contributed by atoms with van der Waals surface area (Å²) in [5.41, 5.74) is 6.89. The minimum atomic E-state index is -0.227. The lowest BCUT2D eigenvalue weighted by Crippen LogP contribution is -2.37. The Kier molecular flexibility index (Phi) is 9.52. The minimum absolute atomic E-state index is 0. The zero-order valence-electron chi connectivity index (χ0n) is 13.2. The van der Waals surface area contributed by atoms with Gasteiger partial charge in [-0.25, -0.2) is 4.39 Å². The van der Waals surface area contributed by atoms with E-state index in [1.54, 1.807) is 12.1 Å². The van der Waals surface area contributed by atoms with E-state index in [4.69, 9.17) is 5.73 Å². The molecule has 21 heavy (non-hydrogen) atoms. The summed E-state index contributed by atoms with van der Waals surface area (Å²) < 4.78 is 13.3. The van der Waals surface area contributed by atoms with Crippen LogP contribution in [-0.2, 0) is 0 Å². The first-order valence-electron chi connectivity index (χ1n) is 6.96. The van der Waals surface area contributed by atoms with Crippen molar-refractivity contribution < 1.29 is 4.39 Å². The molecule has 0 radical (unpaired) electrons. The lowest BCUT2D eigenvalue weighted by Gasteiger charge is -2.25. The van der Waals surface area contributed by atoms with Gasteiger partial charge in [0.05, 0.1) is 12.6 Å². The molecule has 0 fully saturated rings. The molecule has 0 aromatic heterocycles. The maximum Gasteiger partial charge on any atom is 0.191 e. The highest BCUT2D eigenvalue weighted by Gasteiger charge is 2.15. The fourth-order valence-corrected chi connectivity index (χ4v) is 2.11. The molecule has 0 aliphatic rings. The van der Waals surface area contributed by atoms with Crippen LogP contribution in [0.5, 0.6) is 0 Å². The maximum absolute atomic E-state index is 13.3. The lowest BCUT2D eigenvalue weighted by atomic mass is 10.1. The van der Waals surface area contributed by atoms with E-state index in [0.717, 1.165) is 18.7 Å². The number of nitrogens with two attached hydrogens (primary N) is 1. The summed E-state index contributed by atoms with van der Waals surface area (Å²) in [7, 11) is 3.91. The first-order valence-corrected chi connectivity index (χ1v) is 6.96. The summed E-state index contributed by atoms with van der Waals surface area (Å²) >= 11 is 0. The van der Waals surface area contributed by atoms with Crippen LogP contribution in [0.1, 0.15) is 25.5 Å². The Morgan fingerprint density at radius 3 is 2.38 bits per heavy atom. The van der Waals surface area contributed by atoms with E-state index in [9.17, 15) is 4.39 Å². The topological polar surface area (TPSA) is 44.9 Å². The number of halogens is 2. The highest BCUT2D eigenvalue weighted by molar-refractivity contribution is 14.0. The second-order valence-corrected chi connectivity index (χ2v) is 4.91. The molecule has 1 atom stereocenters. The Balaban J connectivity index is 0.00000400. The average Bonchev–Trinajstić information content (AvgIpc) is 2.40. The van der Waals surface area contributed by atoms with Gasteiger partial charge in [0.25, 0.3) is 0 Å². The van der Waals surface area contributed by atoms with Gasteiger partial charge in [0.15, 0.2) is 5.96 Å². The van der Waals surface area contributed by atoms with Gasteiger partial charge in [-0.15, -0.1) is 24.0 Å². The fraction of sp³-hybridized carbons (Fsp3) is 0.533. The SMILES string of the molecule is CCN(CC)C(N)=NCC(c1cccc(F)c1)N(C)C.I. The van der Waals surface area contributed by atoms with Crippen LogP contribution in [0.15, 0.2) is 29.3 Å². The Morgan fingerprint density at radius 1 is 1.29 bits per heavy atom. The molecule has 0 spiro atoms. The average molecular weight is 408 g/mol. The van der Waals surface area contributed by atoms with Gasteiger partial charge in [0, 0.05) is 13.1 Å².